The second kappa shape index (κ2) is 12.6. The molecule has 198 valence electrons. The van der Waals surface area contributed by atoms with Gasteiger partial charge in [0, 0.05) is 22.7 Å². The summed E-state index contributed by atoms with van der Waals surface area (Å²) in [7, 11) is 0. The molecule has 4 atom stereocenters. The third kappa shape index (κ3) is 7.10. The maximum Gasteiger partial charge on any atom is 0.0314 e. The molecule has 4 aromatic rings. The lowest BCUT2D eigenvalue weighted by molar-refractivity contribution is 0.429. The van der Waals surface area contributed by atoms with Crippen LogP contribution in [-0.4, -0.2) is 0 Å². The first-order chi connectivity index (χ1) is 18.3. The van der Waals surface area contributed by atoms with Crippen molar-refractivity contribution in [1.29, 1.82) is 0 Å². The minimum atomic E-state index is 0.370. The SMILES string of the molecule is CCC(CC(CC(CC(C)c1ccc(N)cc1)c1ccc(N)cc1)c1ccc(N)cc1)c1ccc(N)cc1. The van der Waals surface area contributed by atoms with Gasteiger partial charge < -0.3 is 22.9 Å². The lowest BCUT2D eigenvalue weighted by atomic mass is 9.75. The van der Waals surface area contributed by atoms with Crippen LogP contribution in [0.1, 0.15) is 85.5 Å². The molecule has 0 aliphatic rings. The Hall–Kier alpha value is -3.92. The number of nitrogens with two attached hydrogens (primary N) is 4. The predicted octanol–water partition coefficient (Wildman–Crippen LogP) is 8.05. The van der Waals surface area contributed by atoms with Gasteiger partial charge in [0.05, 0.1) is 0 Å². The summed E-state index contributed by atoms with van der Waals surface area (Å²) < 4.78 is 0. The molecule has 4 rings (SSSR count). The topological polar surface area (TPSA) is 104 Å². The van der Waals surface area contributed by atoms with Crippen LogP contribution in [0.5, 0.6) is 0 Å². The first-order valence-corrected chi connectivity index (χ1v) is 13.7. The molecule has 8 N–H and O–H groups in total. The van der Waals surface area contributed by atoms with E-state index in [1.165, 1.54) is 22.3 Å². The van der Waals surface area contributed by atoms with Crippen LogP contribution in [0, 0.1) is 0 Å². The Morgan fingerprint density at radius 3 is 1.08 bits per heavy atom. The molecule has 0 fully saturated rings. The smallest absolute Gasteiger partial charge is 0.0314 e. The molecule has 4 heteroatoms. The van der Waals surface area contributed by atoms with Gasteiger partial charge in [-0.15, -0.1) is 0 Å². The Kier molecular flexibility index (Phi) is 8.96. The summed E-state index contributed by atoms with van der Waals surface area (Å²) in [4.78, 5) is 0. The lowest BCUT2D eigenvalue weighted by Gasteiger charge is -2.30. The summed E-state index contributed by atoms with van der Waals surface area (Å²) in [5.41, 5.74) is 32.6. The average Bonchev–Trinajstić information content (AvgIpc) is 2.92. The van der Waals surface area contributed by atoms with E-state index in [2.05, 4.69) is 62.4 Å². The summed E-state index contributed by atoms with van der Waals surface area (Å²) in [5, 5.41) is 0. The van der Waals surface area contributed by atoms with Crippen molar-refractivity contribution in [2.75, 3.05) is 22.9 Å². The molecule has 0 aromatic heterocycles. The van der Waals surface area contributed by atoms with E-state index in [0.717, 1.165) is 48.4 Å². The van der Waals surface area contributed by atoms with Crippen LogP contribution in [0.3, 0.4) is 0 Å². The largest absolute Gasteiger partial charge is 0.399 e. The number of rotatable bonds is 11. The van der Waals surface area contributed by atoms with Crippen LogP contribution in [0.2, 0.25) is 0 Å². The molecule has 0 amide bonds. The summed E-state index contributed by atoms with van der Waals surface area (Å²) in [5.74, 6) is 1.58. The molecule has 0 aliphatic heterocycles. The highest BCUT2D eigenvalue weighted by atomic mass is 14.5. The van der Waals surface area contributed by atoms with Crippen molar-refractivity contribution in [2.24, 2.45) is 0 Å². The van der Waals surface area contributed by atoms with Gasteiger partial charge in [0.25, 0.3) is 0 Å². The third-order valence-corrected chi connectivity index (χ3v) is 8.00. The van der Waals surface area contributed by atoms with Gasteiger partial charge in [0.1, 0.15) is 0 Å². The van der Waals surface area contributed by atoms with Crippen molar-refractivity contribution in [1.82, 2.24) is 0 Å². The van der Waals surface area contributed by atoms with E-state index in [0.29, 0.717) is 23.7 Å². The van der Waals surface area contributed by atoms with Gasteiger partial charge in [-0.25, -0.2) is 0 Å². The normalized spacial score (nSPS) is 14.5. The third-order valence-electron chi connectivity index (χ3n) is 8.00. The standard InChI is InChI=1S/C34H42N4/c1-3-24(26-6-14-32(36)15-7-26)21-30(28-10-18-34(38)19-11-28)22-29(27-8-16-33(37)17-9-27)20-23(2)25-4-12-31(35)13-5-25/h4-19,23-24,29-30H,3,20-22,35-38H2,1-2H3. The summed E-state index contributed by atoms with van der Waals surface area (Å²) in [6.07, 6.45) is 4.21. The van der Waals surface area contributed by atoms with Crippen molar-refractivity contribution in [2.45, 2.75) is 63.2 Å². The van der Waals surface area contributed by atoms with Crippen molar-refractivity contribution >= 4 is 22.7 Å². The minimum absolute atomic E-state index is 0.370. The minimum Gasteiger partial charge on any atom is -0.399 e. The fourth-order valence-corrected chi connectivity index (χ4v) is 5.65. The molecule has 0 saturated heterocycles. The first-order valence-electron chi connectivity index (χ1n) is 13.7. The Labute approximate surface area is 228 Å². The molecule has 4 aromatic carbocycles. The molecule has 0 saturated carbocycles. The van der Waals surface area contributed by atoms with E-state index >= 15 is 0 Å². The molecule has 4 nitrogen and oxygen atoms in total. The Bertz CT molecular complexity index is 1260. The number of hydrogen-bond acceptors (Lipinski definition) is 4. The molecule has 0 heterocycles. The van der Waals surface area contributed by atoms with Crippen LogP contribution in [0.25, 0.3) is 0 Å². The van der Waals surface area contributed by atoms with Crippen molar-refractivity contribution in [3.8, 4) is 0 Å². The number of anilines is 4. The molecular formula is C34H42N4. The molecule has 38 heavy (non-hydrogen) atoms. The Balaban J connectivity index is 1.66. The molecular weight excluding hydrogens is 464 g/mol. The van der Waals surface area contributed by atoms with E-state index in [4.69, 9.17) is 22.9 Å². The van der Waals surface area contributed by atoms with E-state index in [1.807, 2.05) is 48.5 Å². The highest BCUT2D eigenvalue weighted by Gasteiger charge is 2.25. The quantitative estimate of drug-likeness (QED) is 0.154. The van der Waals surface area contributed by atoms with E-state index in [1.54, 1.807) is 0 Å². The second-order valence-corrected chi connectivity index (χ2v) is 10.8. The van der Waals surface area contributed by atoms with E-state index < -0.39 is 0 Å². The molecule has 0 spiro atoms. The molecule has 4 unspecified atom stereocenters. The first kappa shape index (κ1) is 27.1. The number of hydrogen-bond donors (Lipinski definition) is 4. The van der Waals surface area contributed by atoms with Gasteiger partial charge in [-0.3, -0.25) is 0 Å². The van der Waals surface area contributed by atoms with Crippen molar-refractivity contribution in [3.05, 3.63) is 119 Å². The van der Waals surface area contributed by atoms with Crippen LogP contribution >= 0.6 is 0 Å². The molecule has 0 radical (unpaired) electrons. The van der Waals surface area contributed by atoms with Gasteiger partial charge in [0.15, 0.2) is 0 Å². The zero-order valence-electron chi connectivity index (χ0n) is 22.7. The van der Waals surface area contributed by atoms with Crippen molar-refractivity contribution in [3.63, 3.8) is 0 Å². The van der Waals surface area contributed by atoms with Gasteiger partial charge >= 0.3 is 0 Å². The molecule has 0 bridgehead atoms. The van der Waals surface area contributed by atoms with Crippen LogP contribution in [0.4, 0.5) is 22.7 Å². The predicted molar refractivity (Wildman–Crippen MR) is 164 cm³/mol. The second-order valence-electron chi connectivity index (χ2n) is 10.8. The van der Waals surface area contributed by atoms with Gasteiger partial charge in [-0.1, -0.05) is 62.4 Å². The monoisotopic (exact) mass is 506 g/mol. The van der Waals surface area contributed by atoms with Crippen LogP contribution in [0.15, 0.2) is 97.1 Å². The Morgan fingerprint density at radius 2 is 0.711 bits per heavy atom. The number of nitrogen functional groups attached to an aromatic ring is 4. The summed E-state index contributed by atoms with van der Waals surface area (Å²) >= 11 is 0. The Morgan fingerprint density at radius 1 is 0.421 bits per heavy atom. The maximum atomic E-state index is 6.07. The van der Waals surface area contributed by atoms with E-state index in [-0.39, 0.29) is 0 Å². The summed E-state index contributed by atoms with van der Waals surface area (Å²) in [6.45, 7) is 4.60. The van der Waals surface area contributed by atoms with Gasteiger partial charge in [0.2, 0.25) is 0 Å². The van der Waals surface area contributed by atoms with Crippen molar-refractivity contribution < 1.29 is 0 Å². The highest BCUT2D eigenvalue weighted by Crippen LogP contribution is 2.42. The van der Waals surface area contributed by atoms with Crippen LogP contribution in [-0.2, 0) is 0 Å². The fraction of sp³-hybridized carbons (Fsp3) is 0.294. The lowest BCUT2D eigenvalue weighted by Crippen LogP contribution is -2.13. The van der Waals surface area contributed by atoms with Gasteiger partial charge in [-0.2, -0.15) is 0 Å². The summed E-state index contributed by atoms with van der Waals surface area (Å²) in [6, 6.07) is 33.6. The van der Waals surface area contributed by atoms with Gasteiger partial charge in [-0.05, 0) is 120 Å². The van der Waals surface area contributed by atoms with Crippen LogP contribution < -0.4 is 22.9 Å². The molecule has 0 aliphatic carbocycles. The zero-order chi connectivity index (χ0) is 27.1. The zero-order valence-corrected chi connectivity index (χ0v) is 22.7. The number of benzene rings is 4. The fourth-order valence-electron chi connectivity index (χ4n) is 5.65. The van der Waals surface area contributed by atoms with E-state index in [9.17, 15) is 0 Å². The maximum absolute atomic E-state index is 6.07. The highest BCUT2D eigenvalue weighted by molar-refractivity contribution is 5.44. The average molecular weight is 507 g/mol.